The molecule has 92 valence electrons. The van der Waals surface area contributed by atoms with Gasteiger partial charge in [0, 0.05) is 12.6 Å². The normalized spacial score (nSPS) is 24.3. The molecule has 5 heteroatoms. The van der Waals surface area contributed by atoms with Gasteiger partial charge in [0.05, 0.1) is 19.1 Å². The van der Waals surface area contributed by atoms with Crippen molar-refractivity contribution in [1.82, 2.24) is 4.90 Å². The highest BCUT2D eigenvalue weighted by atomic mass is 16.6. The third kappa shape index (κ3) is 2.87. The number of hydrogen-bond donors (Lipinski definition) is 0. The van der Waals surface area contributed by atoms with Crippen LogP contribution in [-0.4, -0.2) is 42.8 Å². The summed E-state index contributed by atoms with van der Waals surface area (Å²) in [5.41, 5.74) is 0. The van der Waals surface area contributed by atoms with Gasteiger partial charge in [0.25, 0.3) is 0 Å². The summed E-state index contributed by atoms with van der Waals surface area (Å²) in [6.07, 6.45) is 0.305. The Labute approximate surface area is 95.7 Å². The van der Waals surface area contributed by atoms with Crippen molar-refractivity contribution >= 4 is 12.1 Å². The predicted molar refractivity (Wildman–Crippen MR) is 57.9 cm³/mol. The minimum absolute atomic E-state index is 0.0356. The topological polar surface area (TPSA) is 55.8 Å². The second-order valence-corrected chi connectivity index (χ2v) is 3.88. The van der Waals surface area contributed by atoms with E-state index in [9.17, 15) is 9.59 Å². The van der Waals surface area contributed by atoms with E-state index in [0.29, 0.717) is 26.2 Å². The molecule has 0 aromatic carbocycles. The zero-order valence-corrected chi connectivity index (χ0v) is 10.1. The maximum atomic E-state index is 11.5. The monoisotopic (exact) mass is 229 g/mol. The summed E-state index contributed by atoms with van der Waals surface area (Å²) in [7, 11) is 0. The molecule has 0 saturated carbocycles. The van der Waals surface area contributed by atoms with Gasteiger partial charge in [-0.05, 0) is 27.2 Å². The molecule has 5 nitrogen and oxygen atoms in total. The van der Waals surface area contributed by atoms with Gasteiger partial charge in [-0.3, -0.25) is 4.79 Å². The van der Waals surface area contributed by atoms with Gasteiger partial charge < -0.3 is 14.4 Å². The van der Waals surface area contributed by atoms with Gasteiger partial charge in [0.15, 0.2) is 0 Å². The molecule has 1 amide bonds. The van der Waals surface area contributed by atoms with Gasteiger partial charge in [-0.1, -0.05) is 0 Å². The number of likely N-dealkylation sites (tertiary alicyclic amines) is 1. The molecule has 0 aromatic rings. The standard InChI is InChI=1S/C11H19NO4/c1-4-15-10(13)9-6-8(3)12(7-9)11(14)16-5-2/h8-9H,4-7H2,1-3H3. The zero-order valence-electron chi connectivity index (χ0n) is 10.1. The Balaban J connectivity index is 2.53. The van der Waals surface area contributed by atoms with Crippen LogP contribution in [0.3, 0.4) is 0 Å². The number of esters is 1. The average molecular weight is 229 g/mol. The number of ether oxygens (including phenoxy) is 2. The summed E-state index contributed by atoms with van der Waals surface area (Å²) in [5.74, 6) is -0.430. The third-order valence-electron chi connectivity index (χ3n) is 2.70. The molecule has 0 radical (unpaired) electrons. The molecule has 1 fully saturated rings. The molecule has 2 unspecified atom stereocenters. The number of hydrogen-bond acceptors (Lipinski definition) is 4. The Morgan fingerprint density at radius 2 is 1.88 bits per heavy atom. The Hall–Kier alpha value is -1.26. The number of rotatable bonds is 3. The smallest absolute Gasteiger partial charge is 0.410 e. The maximum absolute atomic E-state index is 11.5. The van der Waals surface area contributed by atoms with Gasteiger partial charge in [0.1, 0.15) is 0 Å². The molecule has 2 atom stereocenters. The van der Waals surface area contributed by atoms with E-state index in [1.54, 1.807) is 18.7 Å². The Morgan fingerprint density at radius 3 is 2.44 bits per heavy atom. The van der Waals surface area contributed by atoms with Crippen LogP contribution in [0.5, 0.6) is 0 Å². The van der Waals surface area contributed by atoms with Gasteiger partial charge in [-0.2, -0.15) is 0 Å². The molecule has 16 heavy (non-hydrogen) atoms. The first-order valence-corrected chi connectivity index (χ1v) is 5.70. The molecule has 1 rings (SSSR count). The lowest BCUT2D eigenvalue weighted by atomic mass is 10.1. The summed E-state index contributed by atoms with van der Waals surface area (Å²) in [6.45, 7) is 6.59. The molecule has 0 aromatic heterocycles. The Kier molecular flexibility index (Phi) is 4.58. The van der Waals surface area contributed by atoms with E-state index in [1.165, 1.54) is 0 Å². The maximum Gasteiger partial charge on any atom is 0.410 e. The molecule has 1 heterocycles. The number of carbonyl (C=O) groups is 2. The predicted octanol–water partition coefficient (Wildman–Crippen LogP) is 1.42. The van der Waals surface area contributed by atoms with Crippen LogP contribution in [0, 0.1) is 5.92 Å². The second-order valence-electron chi connectivity index (χ2n) is 3.88. The third-order valence-corrected chi connectivity index (χ3v) is 2.70. The van der Waals surface area contributed by atoms with Crippen molar-refractivity contribution in [2.24, 2.45) is 5.92 Å². The van der Waals surface area contributed by atoms with E-state index < -0.39 is 0 Å². The largest absolute Gasteiger partial charge is 0.466 e. The fraction of sp³-hybridized carbons (Fsp3) is 0.818. The molecule has 0 aliphatic carbocycles. The quantitative estimate of drug-likeness (QED) is 0.687. The minimum atomic E-state index is -0.346. The van der Waals surface area contributed by atoms with Crippen molar-refractivity contribution in [3.05, 3.63) is 0 Å². The van der Waals surface area contributed by atoms with Crippen LogP contribution in [0.15, 0.2) is 0 Å². The molecule has 1 aliphatic rings. The van der Waals surface area contributed by atoms with Crippen molar-refractivity contribution in [2.45, 2.75) is 33.2 Å². The van der Waals surface area contributed by atoms with Crippen LogP contribution < -0.4 is 0 Å². The van der Waals surface area contributed by atoms with Crippen molar-refractivity contribution in [3.8, 4) is 0 Å². The SMILES string of the molecule is CCOC(=O)C1CC(C)N(C(=O)OCC)C1. The fourth-order valence-electron chi connectivity index (χ4n) is 1.92. The van der Waals surface area contributed by atoms with E-state index in [-0.39, 0.29) is 24.0 Å². The molecule has 0 bridgehead atoms. The van der Waals surface area contributed by atoms with E-state index in [2.05, 4.69) is 0 Å². The first-order valence-electron chi connectivity index (χ1n) is 5.70. The van der Waals surface area contributed by atoms with Gasteiger partial charge in [0.2, 0.25) is 0 Å². The number of carbonyl (C=O) groups excluding carboxylic acids is 2. The summed E-state index contributed by atoms with van der Waals surface area (Å²) < 4.78 is 9.86. The van der Waals surface area contributed by atoms with Crippen LogP contribution in [0.25, 0.3) is 0 Å². The molecule has 0 N–H and O–H groups in total. The van der Waals surface area contributed by atoms with E-state index in [4.69, 9.17) is 9.47 Å². The second kappa shape index (κ2) is 5.72. The van der Waals surface area contributed by atoms with Crippen molar-refractivity contribution in [3.63, 3.8) is 0 Å². The first-order chi connectivity index (χ1) is 7.60. The van der Waals surface area contributed by atoms with Crippen molar-refractivity contribution in [1.29, 1.82) is 0 Å². The lowest BCUT2D eigenvalue weighted by Gasteiger charge is -2.19. The van der Waals surface area contributed by atoms with Gasteiger partial charge in [-0.15, -0.1) is 0 Å². The zero-order chi connectivity index (χ0) is 12.1. The van der Waals surface area contributed by atoms with Crippen molar-refractivity contribution in [2.75, 3.05) is 19.8 Å². The summed E-state index contributed by atoms with van der Waals surface area (Å²) in [5, 5.41) is 0. The fourth-order valence-corrected chi connectivity index (χ4v) is 1.92. The minimum Gasteiger partial charge on any atom is -0.466 e. The van der Waals surface area contributed by atoms with Crippen LogP contribution in [-0.2, 0) is 14.3 Å². The van der Waals surface area contributed by atoms with Crippen LogP contribution in [0.2, 0.25) is 0 Å². The Morgan fingerprint density at radius 1 is 1.25 bits per heavy atom. The number of amides is 1. The highest BCUT2D eigenvalue weighted by molar-refractivity contribution is 5.76. The number of nitrogens with zero attached hydrogens (tertiary/aromatic N) is 1. The van der Waals surface area contributed by atoms with Gasteiger partial charge in [-0.25, -0.2) is 4.79 Å². The molecular formula is C11H19NO4. The summed E-state index contributed by atoms with van der Waals surface area (Å²) in [6, 6.07) is 0.0356. The van der Waals surface area contributed by atoms with E-state index >= 15 is 0 Å². The molecular weight excluding hydrogens is 210 g/mol. The van der Waals surface area contributed by atoms with Gasteiger partial charge >= 0.3 is 12.1 Å². The molecule has 1 saturated heterocycles. The highest BCUT2D eigenvalue weighted by Crippen LogP contribution is 2.24. The highest BCUT2D eigenvalue weighted by Gasteiger charge is 2.37. The van der Waals surface area contributed by atoms with Crippen LogP contribution in [0.4, 0.5) is 4.79 Å². The lowest BCUT2D eigenvalue weighted by molar-refractivity contribution is -0.147. The summed E-state index contributed by atoms with van der Waals surface area (Å²) >= 11 is 0. The van der Waals surface area contributed by atoms with Crippen LogP contribution >= 0.6 is 0 Å². The molecule has 0 spiro atoms. The van der Waals surface area contributed by atoms with Crippen LogP contribution in [0.1, 0.15) is 27.2 Å². The summed E-state index contributed by atoms with van der Waals surface area (Å²) in [4.78, 5) is 24.6. The first kappa shape index (κ1) is 12.8. The van der Waals surface area contributed by atoms with E-state index in [1.807, 2.05) is 6.92 Å². The lowest BCUT2D eigenvalue weighted by Crippen LogP contribution is -2.35. The Bertz CT molecular complexity index is 267. The molecule has 1 aliphatic heterocycles. The van der Waals surface area contributed by atoms with Crippen molar-refractivity contribution < 1.29 is 19.1 Å². The van der Waals surface area contributed by atoms with E-state index in [0.717, 1.165) is 0 Å². The average Bonchev–Trinajstić information content (AvgIpc) is 2.61.